The summed E-state index contributed by atoms with van der Waals surface area (Å²) in [5.74, 6) is 0.112. The lowest BCUT2D eigenvalue weighted by Crippen LogP contribution is -2.16. The molecule has 1 aliphatic heterocycles. The Hall–Kier alpha value is -0.600. The summed E-state index contributed by atoms with van der Waals surface area (Å²) in [5.41, 5.74) is 1.05. The first-order valence-corrected chi connectivity index (χ1v) is 5.23. The maximum atomic E-state index is 13.2. The van der Waals surface area contributed by atoms with Gasteiger partial charge in [0.25, 0.3) is 0 Å². The summed E-state index contributed by atoms with van der Waals surface area (Å²) >= 11 is 5.63. The van der Waals surface area contributed by atoms with Crippen LogP contribution in [-0.4, -0.2) is 12.6 Å². The van der Waals surface area contributed by atoms with Crippen LogP contribution in [-0.2, 0) is 0 Å². The Kier molecular flexibility index (Phi) is 2.75. The number of benzene rings is 1. The second-order valence-electron chi connectivity index (χ2n) is 3.92. The molecule has 2 unspecified atom stereocenters. The van der Waals surface area contributed by atoms with E-state index in [-0.39, 0.29) is 10.8 Å². The van der Waals surface area contributed by atoms with Gasteiger partial charge in [0.1, 0.15) is 5.82 Å². The van der Waals surface area contributed by atoms with E-state index in [1.54, 1.807) is 12.1 Å². The van der Waals surface area contributed by atoms with Gasteiger partial charge in [-0.3, -0.25) is 0 Å². The van der Waals surface area contributed by atoms with Crippen LogP contribution in [0.5, 0.6) is 0 Å². The minimum atomic E-state index is -0.316. The van der Waals surface area contributed by atoms with E-state index in [0.717, 1.165) is 18.5 Å². The van der Waals surface area contributed by atoms with Crippen LogP contribution in [0.15, 0.2) is 18.2 Å². The predicted molar refractivity (Wildman–Crippen MR) is 56.2 cm³/mol. The van der Waals surface area contributed by atoms with Crippen LogP contribution in [0.2, 0.25) is 5.02 Å². The van der Waals surface area contributed by atoms with Crippen molar-refractivity contribution in [3.8, 4) is 0 Å². The third-order valence-electron chi connectivity index (χ3n) is 2.77. The molecule has 14 heavy (non-hydrogen) atoms. The highest BCUT2D eigenvalue weighted by molar-refractivity contribution is 6.30. The van der Waals surface area contributed by atoms with Crippen molar-refractivity contribution in [3.63, 3.8) is 0 Å². The standard InChI is InChI=1S/C11H13ClFN/c1-7-4-9(6-14-7)8-2-3-10(12)11(13)5-8/h2-3,5,7,9,14H,4,6H2,1H3. The lowest BCUT2D eigenvalue weighted by molar-refractivity contribution is 0.620. The van der Waals surface area contributed by atoms with Gasteiger partial charge in [0, 0.05) is 12.6 Å². The van der Waals surface area contributed by atoms with Crippen molar-refractivity contribution in [1.82, 2.24) is 5.32 Å². The Morgan fingerprint density at radius 2 is 2.29 bits per heavy atom. The summed E-state index contributed by atoms with van der Waals surface area (Å²) in [5, 5.41) is 3.55. The fourth-order valence-electron chi connectivity index (χ4n) is 1.96. The average molecular weight is 214 g/mol. The molecule has 1 aliphatic rings. The fourth-order valence-corrected chi connectivity index (χ4v) is 2.07. The number of hydrogen-bond donors (Lipinski definition) is 1. The Labute approximate surface area is 88.3 Å². The first kappa shape index (κ1) is 9.94. The highest BCUT2D eigenvalue weighted by Gasteiger charge is 2.22. The van der Waals surface area contributed by atoms with Crippen molar-refractivity contribution in [2.45, 2.75) is 25.3 Å². The lowest BCUT2D eigenvalue weighted by atomic mass is 9.97. The third kappa shape index (κ3) is 1.91. The molecule has 0 aliphatic carbocycles. The molecule has 1 fully saturated rings. The molecule has 1 N–H and O–H groups in total. The van der Waals surface area contributed by atoms with Gasteiger partial charge in [-0.1, -0.05) is 17.7 Å². The van der Waals surface area contributed by atoms with Crippen molar-refractivity contribution >= 4 is 11.6 Å². The Morgan fingerprint density at radius 3 is 2.86 bits per heavy atom. The zero-order valence-corrected chi connectivity index (χ0v) is 8.81. The van der Waals surface area contributed by atoms with Gasteiger partial charge in [0.15, 0.2) is 0 Å². The molecular weight excluding hydrogens is 201 g/mol. The van der Waals surface area contributed by atoms with Gasteiger partial charge in [-0.2, -0.15) is 0 Å². The largest absolute Gasteiger partial charge is 0.314 e. The number of halogens is 2. The Balaban J connectivity index is 2.20. The zero-order chi connectivity index (χ0) is 10.1. The van der Waals surface area contributed by atoms with E-state index in [1.165, 1.54) is 0 Å². The van der Waals surface area contributed by atoms with Crippen molar-refractivity contribution in [1.29, 1.82) is 0 Å². The van der Waals surface area contributed by atoms with E-state index >= 15 is 0 Å². The van der Waals surface area contributed by atoms with E-state index in [9.17, 15) is 4.39 Å². The van der Waals surface area contributed by atoms with Crippen molar-refractivity contribution in [3.05, 3.63) is 34.6 Å². The molecule has 0 amide bonds. The first-order valence-electron chi connectivity index (χ1n) is 4.85. The van der Waals surface area contributed by atoms with Crippen LogP contribution in [0, 0.1) is 5.82 Å². The molecule has 1 heterocycles. The van der Waals surface area contributed by atoms with E-state index in [1.807, 2.05) is 6.07 Å². The molecule has 2 atom stereocenters. The van der Waals surface area contributed by atoms with Crippen LogP contribution >= 0.6 is 11.6 Å². The maximum absolute atomic E-state index is 13.2. The highest BCUT2D eigenvalue weighted by atomic mass is 35.5. The summed E-state index contributed by atoms with van der Waals surface area (Å²) in [6.07, 6.45) is 1.07. The number of rotatable bonds is 1. The molecular formula is C11H13ClFN. The van der Waals surface area contributed by atoms with Crippen LogP contribution < -0.4 is 5.32 Å². The number of hydrogen-bond acceptors (Lipinski definition) is 1. The normalized spacial score (nSPS) is 26.8. The van der Waals surface area contributed by atoms with E-state index in [0.29, 0.717) is 12.0 Å². The van der Waals surface area contributed by atoms with Gasteiger partial charge in [-0.15, -0.1) is 0 Å². The van der Waals surface area contributed by atoms with Gasteiger partial charge in [0.05, 0.1) is 5.02 Å². The highest BCUT2D eigenvalue weighted by Crippen LogP contribution is 2.27. The smallest absolute Gasteiger partial charge is 0.142 e. The molecule has 1 aromatic carbocycles. The summed E-state index contributed by atoms with van der Waals surface area (Å²) in [6, 6.07) is 5.62. The summed E-state index contributed by atoms with van der Waals surface area (Å²) in [7, 11) is 0. The van der Waals surface area contributed by atoms with Crippen LogP contribution in [0.3, 0.4) is 0 Å². The molecule has 0 spiro atoms. The summed E-state index contributed by atoms with van der Waals surface area (Å²) in [4.78, 5) is 0. The first-order chi connectivity index (χ1) is 6.66. The maximum Gasteiger partial charge on any atom is 0.142 e. The minimum absolute atomic E-state index is 0.202. The molecule has 2 rings (SSSR count). The molecule has 0 radical (unpaired) electrons. The molecule has 1 aromatic rings. The van der Waals surface area contributed by atoms with Crippen LogP contribution in [0.1, 0.15) is 24.8 Å². The van der Waals surface area contributed by atoms with E-state index < -0.39 is 0 Å². The fraction of sp³-hybridized carbons (Fsp3) is 0.455. The molecule has 1 nitrogen and oxygen atoms in total. The van der Waals surface area contributed by atoms with Crippen molar-refractivity contribution in [2.75, 3.05) is 6.54 Å². The summed E-state index contributed by atoms with van der Waals surface area (Å²) < 4.78 is 13.2. The molecule has 76 valence electrons. The number of nitrogens with one attached hydrogen (secondary N) is 1. The van der Waals surface area contributed by atoms with Gasteiger partial charge in [0.2, 0.25) is 0 Å². The van der Waals surface area contributed by atoms with Gasteiger partial charge in [-0.25, -0.2) is 4.39 Å². The summed E-state index contributed by atoms with van der Waals surface area (Å²) in [6.45, 7) is 3.08. The minimum Gasteiger partial charge on any atom is -0.314 e. The van der Waals surface area contributed by atoms with Crippen LogP contribution in [0.25, 0.3) is 0 Å². The van der Waals surface area contributed by atoms with E-state index in [4.69, 9.17) is 11.6 Å². The molecule has 1 saturated heterocycles. The molecule has 3 heteroatoms. The zero-order valence-electron chi connectivity index (χ0n) is 8.06. The van der Waals surface area contributed by atoms with Gasteiger partial charge < -0.3 is 5.32 Å². The topological polar surface area (TPSA) is 12.0 Å². The van der Waals surface area contributed by atoms with Crippen LogP contribution in [0.4, 0.5) is 4.39 Å². The van der Waals surface area contributed by atoms with Crippen molar-refractivity contribution < 1.29 is 4.39 Å². The average Bonchev–Trinajstić information content (AvgIpc) is 2.57. The molecule has 0 bridgehead atoms. The second-order valence-corrected chi connectivity index (χ2v) is 4.32. The molecule has 0 saturated carbocycles. The van der Waals surface area contributed by atoms with Gasteiger partial charge in [-0.05, 0) is 37.0 Å². The quantitative estimate of drug-likeness (QED) is 0.757. The van der Waals surface area contributed by atoms with Crippen molar-refractivity contribution in [2.24, 2.45) is 0 Å². The molecule has 0 aromatic heterocycles. The SMILES string of the molecule is CC1CC(c2ccc(Cl)c(F)c2)CN1. The van der Waals surface area contributed by atoms with Gasteiger partial charge >= 0.3 is 0 Å². The third-order valence-corrected chi connectivity index (χ3v) is 3.07. The lowest BCUT2D eigenvalue weighted by Gasteiger charge is -2.09. The Morgan fingerprint density at radius 1 is 1.50 bits per heavy atom. The predicted octanol–water partition coefficient (Wildman–Crippen LogP) is 2.94. The second kappa shape index (κ2) is 3.87. The Bertz CT molecular complexity index is 340. The van der Waals surface area contributed by atoms with E-state index in [2.05, 4.69) is 12.2 Å². The monoisotopic (exact) mass is 213 g/mol.